The van der Waals surface area contributed by atoms with E-state index in [0.717, 1.165) is 10.7 Å². The Morgan fingerprint density at radius 3 is 2.79 bits per heavy atom. The zero-order valence-electron chi connectivity index (χ0n) is 10.8. The van der Waals surface area contributed by atoms with Gasteiger partial charge in [0.15, 0.2) is 0 Å². The molecule has 0 saturated heterocycles. The first-order valence-corrected chi connectivity index (χ1v) is 6.93. The van der Waals surface area contributed by atoms with E-state index in [-0.39, 0.29) is 5.56 Å². The van der Waals surface area contributed by atoms with Crippen molar-refractivity contribution in [2.45, 2.75) is 26.3 Å². The summed E-state index contributed by atoms with van der Waals surface area (Å²) in [7, 11) is 0. The summed E-state index contributed by atoms with van der Waals surface area (Å²) < 4.78 is 13.4. The van der Waals surface area contributed by atoms with Gasteiger partial charge in [-0.3, -0.25) is 4.79 Å². The van der Waals surface area contributed by atoms with E-state index in [0.29, 0.717) is 12.5 Å². The van der Waals surface area contributed by atoms with Gasteiger partial charge in [0.05, 0.1) is 22.8 Å². The number of amides is 1. The van der Waals surface area contributed by atoms with Crippen LogP contribution in [0, 0.1) is 5.82 Å². The molecule has 0 fully saturated rings. The number of thiazole rings is 1. The highest BCUT2D eigenvalue weighted by Crippen LogP contribution is 2.19. The van der Waals surface area contributed by atoms with Crippen LogP contribution in [0.3, 0.4) is 0 Å². The van der Waals surface area contributed by atoms with Crippen molar-refractivity contribution < 1.29 is 9.18 Å². The maximum absolute atomic E-state index is 13.4. The van der Waals surface area contributed by atoms with Gasteiger partial charge >= 0.3 is 0 Å². The molecule has 0 spiro atoms. The quantitative estimate of drug-likeness (QED) is 0.932. The SMILES string of the molecule is CC(C)c1nc(CNC(=O)c2ccccc2F)cs1. The molecular weight excluding hydrogens is 263 g/mol. The largest absolute Gasteiger partial charge is 0.346 e. The van der Waals surface area contributed by atoms with Gasteiger partial charge in [0.25, 0.3) is 5.91 Å². The number of rotatable bonds is 4. The Morgan fingerprint density at radius 2 is 2.16 bits per heavy atom. The van der Waals surface area contributed by atoms with Gasteiger partial charge in [-0.25, -0.2) is 9.37 Å². The van der Waals surface area contributed by atoms with Gasteiger partial charge in [-0.1, -0.05) is 26.0 Å². The molecule has 3 nitrogen and oxygen atoms in total. The lowest BCUT2D eigenvalue weighted by Gasteiger charge is -2.04. The number of halogens is 1. The van der Waals surface area contributed by atoms with Crippen LogP contribution in [0.2, 0.25) is 0 Å². The first kappa shape index (κ1) is 13.7. The predicted molar refractivity (Wildman–Crippen MR) is 73.8 cm³/mol. The fourth-order valence-electron chi connectivity index (χ4n) is 1.58. The van der Waals surface area contributed by atoms with Gasteiger partial charge in [-0.05, 0) is 12.1 Å². The summed E-state index contributed by atoms with van der Waals surface area (Å²) >= 11 is 1.57. The van der Waals surface area contributed by atoms with Gasteiger partial charge in [0.1, 0.15) is 5.82 Å². The van der Waals surface area contributed by atoms with Crippen LogP contribution in [-0.2, 0) is 6.54 Å². The number of benzene rings is 1. The Morgan fingerprint density at radius 1 is 1.42 bits per heavy atom. The van der Waals surface area contributed by atoms with E-state index in [1.165, 1.54) is 12.1 Å². The molecule has 2 aromatic rings. The van der Waals surface area contributed by atoms with Crippen LogP contribution >= 0.6 is 11.3 Å². The minimum absolute atomic E-state index is 0.0572. The number of aromatic nitrogens is 1. The number of carbonyl (C=O) groups excluding carboxylic acids is 1. The first-order valence-electron chi connectivity index (χ1n) is 6.05. The minimum atomic E-state index is -0.513. The summed E-state index contributed by atoms with van der Waals surface area (Å²) in [6, 6.07) is 5.93. The number of nitrogens with zero attached hydrogens (tertiary/aromatic N) is 1. The third-order valence-electron chi connectivity index (χ3n) is 2.61. The lowest BCUT2D eigenvalue weighted by molar-refractivity contribution is 0.0946. The summed E-state index contributed by atoms with van der Waals surface area (Å²) in [5, 5.41) is 5.62. The zero-order valence-corrected chi connectivity index (χ0v) is 11.6. The van der Waals surface area contributed by atoms with Crippen LogP contribution in [0.1, 0.15) is 40.8 Å². The summed E-state index contributed by atoms with van der Waals surface area (Å²) in [4.78, 5) is 16.2. The molecule has 1 aromatic carbocycles. The molecule has 0 aliphatic carbocycles. The molecular formula is C14H15FN2OS. The van der Waals surface area contributed by atoms with E-state index in [1.54, 1.807) is 23.5 Å². The Balaban J connectivity index is 1.98. The summed E-state index contributed by atoms with van der Waals surface area (Å²) in [6.07, 6.45) is 0. The second-order valence-electron chi connectivity index (χ2n) is 4.49. The number of hydrogen-bond donors (Lipinski definition) is 1. The van der Waals surface area contributed by atoms with Crippen LogP contribution in [0.5, 0.6) is 0 Å². The molecule has 5 heteroatoms. The molecule has 1 amide bonds. The van der Waals surface area contributed by atoms with Crippen LogP contribution < -0.4 is 5.32 Å². The average molecular weight is 278 g/mol. The fraction of sp³-hybridized carbons (Fsp3) is 0.286. The molecule has 1 N–H and O–H groups in total. The maximum atomic E-state index is 13.4. The van der Waals surface area contributed by atoms with Gasteiger partial charge in [0, 0.05) is 11.3 Å². The van der Waals surface area contributed by atoms with Gasteiger partial charge < -0.3 is 5.32 Å². The molecule has 2 rings (SSSR count). The Bertz CT molecular complexity index is 580. The lowest BCUT2D eigenvalue weighted by Crippen LogP contribution is -2.23. The third-order valence-corrected chi connectivity index (χ3v) is 3.81. The van der Waals surface area contributed by atoms with Gasteiger partial charge in [-0.15, -0.1) is 11.3 Å². The second kappa shape index (κ2) is 5.93. The topological polar surface area (TPSA) is 42.0 Å². The molecule has 0 radical (unpaired) electrons. The van der Waals surface area contributed by atoms with E-state index in [4.69, 9.17) is 0 Å². The smallest absolute Gasteiger partial charge is 0.254 e. The molecule has 0 atom stereocenters. The Kier molecular flexibility index (Phi) is 4.27. The average Bonchev–Trinajstić information content (AvgIpc) is 2.85. The van der Waals surface area contributed by atoms with E-state index in [1.807, 2.05) is 5.38 Å². The molecule has 0 aliphatic heterocycles. The molecule has 1 aromatic heterocycles. The van der Waals surface area contributed by atoms with Crippen LogP contribution in [0.4, 0.5) is 4.39 Å². The molecule has 0 bridgehead atoms. The molecule has 1 heterocycles. The third kappa shape index (κ3) is 3.38. The summed E-state index contributed by atoms with van der Waals surface area (Å²) in [6.45, 7) is 4.46. The van der Waals surface area contributed by atoms with Crippen LogP contribution in [-0.4, -0.2) is 10.9 Å². The lowest BCUT2D eigenvalue weighted by atomic mass is 10.2. The molecule has 0 unspecified atom stereocenters. The van der Waals surface area contributed by atoms with Crippen LogP contribution in [0.25, 0.3) is 0 Å². The van der Waals surface area contributed by atoms with E-state index in [9.17, 15) is 9.18 Å². The highest BCUT2D eigenvalue weighted by molar-refractivity contribution is 7.09. The number of carbonyl (C=O) groups is 1. The van der Waals surface area contributed by atoms with Gasteiger partial charge in [-0.2, -0.15) is 0 Å². The predicted octanol–water partition coefficient (Wildman–Crippen LogP) is 3.34. The fourth-order valence-corrected chi connectivity index (χ4v) is 2.42. The molecule has 100 valence electrons. The Labute approximate surface area is 115 Å². The van der Waals surface area contributed by atoms with Crippen molar-refractivity contribution in [3.63, 3.8) is 0 Å². The first-order chi connectivity index (χ1) is 9.08. The van der Waals surface area contributed by atoms with E-state index < -0.39 is 11.7 Å². The van der Waals surface area contributed by atoms with Crippen molar-refractivity contribution in [3.8, 4) is 0 Å². The van der Waals surface area contributed by atoms with Gasteiger partial charge in [0.2, 0.25) is 0 Å². The number of hydrogen-bond acceptors (Lipinski definition) is 3. The van der Waals surface area contributed by atoms with Crippen molar-refractivity contribution in [2.24, 2.45) is 0 Å². The van der Waals surface area contributed by atoms with E-state index >= 15 is 0 Å². The van der Waals surface area contributed by atoms with Crippen molar-refractivity contribution in [1.82, 2.24) is 10.3 Å². The zero-order chi connectivity index (χ0) is 13.8. The molecule has 0 saturated carbocycles. The van der Waals surface area contributed by atoms with Crippen LogP contribution in [0.15, 0.2) is 29.6 Å². The van der Waals surface area contributed by atoms with Crippen molar-refractivity contribution in [2.75, 3.05) is 0 Å². The summed E-state index contributed by atoms with van der Waals surface area (Å²) in [5.41, 5.74) is 0.861. The second-order valence-corrected chi connectivity index (χ2v) is 5.38. The monoisotopic (exact) mass is 278 g/mol. The minimum Gasteiger partial charge on any atom is -0.346 e. The molecule has 0 aliphatic rings. The van der Waals surface area contributed by atoms with Crippen molar-refractivity contribution >= 4 is 17.2 Å². The standard InChI is InChI=1S/C14H15FN2OS/c1-9(2)14-17-10(8-19-14)7-16-13(18)11-5-3-4-6-12(11)15/h3-6,8-9H,7H2,1-2H3,(H,16,18). The van der Waals surface area contributed by atoms with E-state index in [2.05, 4.69) is 24.1 Å². The highest BCUT2D eigenvalue weighted by atomic mass is 32.1. The highest BCUT2D eigenvalue weighted by Gasteiger charge is 2.11. The van der Waals surface area contributed by atoms with Crippen molar-refractivity contribution in [1.29, 1.82) is 0 Å². The summed E-state index contributed by atoms with van der Waals surface area (Å²) in [5.74, 6) is -0.556. The Hall–Kier alpha value is -1.75. The number of nitrogens with one attached hydrogen (secondary N) is 1. The maximum Gasteiger partial charge on any atom is 0.254 e. The van der Waals surface area contributed by atoms with Crippen molar-refractivity contribution in [3.05, 3.63) is 51.7 Å². The molecule has 19 heavy (non-hydrogen) atoms. The normalized spacial score (nSPS) is 10.7.